The van der Waals surface area contributed by atoms with Crippen molar-refractivity contribution in [3.05, 3.63) is 57.3 Å². The molecule has 1 aromatic rings. The summed E-state index contributed by atoms with van der Waals surface area (Å²) in [5.74, 6) is 6.14. The van der Waals surface area contributed by atoms with Crippen molar-refractivity contribution in [2.45, 2.75) is 13.8 Å². The molecule has 0 amide bonds. The Kier molecular flexibility index (Phi) is 3.22. The summed E-state index contributed by atoms with van der Waals surface area (Å²) in [6.45, 7) is 3.99. The Labute approximate surface area is 99.5 Å². The van der Waals surface area contributed by atoms with Crippen LogP contribution in [0.2, 0.25) is 0 Å². The smallest absolute Gasteiger partial charge is 0.167 e. The Balaban J connectivity index is 2.23. The quantitative estimate of drug-likeness (QED) is 0.487. The van der Waals surface area contributed by atoms with E-state index in [4.69, 9.17) is 0 Å². The van der Waals surface area contributed by atoms with Crippen LogP contribution in [-0.4, -0.2) is 4.98 Å². The molecule has 0 atom stereocenters. The third-order valence-electron chi connectivity index (χ3n) is 2.01. The molecule has 1 heterocycles. The van der Waals surface area contributed by atoms with Gasteiger partial charge in [-0.15, -0.1) is 17.1 Å². The minimum atomic E-state index is 0.862. The van der Waals surface area contributed by atoms with Gasteiger partial charge in [-0.3, -0.25) is 0 Å². The van der Waals surface area contributed by atoms with E-state index in [9.17, 15) is 0 Å². The molecule has 0 bridgehead atoms. The van der Waals surface area contributed by atoms with Crippen molar-refractivity contribution in [1.29, 1.82) is 0 Å². The molecule has 16 heavy (non-hydrogen) atoms. The second kappa shape index (κ2) is 4.81. The number of hydrogen-bond acceptors (Lipinski definition) is 2. The molecule has 0 saturated carbocycles. The zero-order valence-electron chi connectivity index (χ0n) is 9.24. The van der Waals surface area contributed by atoms with Gasteiger partial charge in [0, 0.05) is 16.6 Å². The van der Waals surface area contributed by atoms with E-state index in [1.54, 1.807) is 11.3 Å². The molecule has 1 nitrogen and oxygen atoms in total. The fourth-order valence-electron chi connectivity index (χ4n) is 1.20. The molecule has 1 aliphatic rings. The van der Waals surface area contributed by atoms with Crippen molar-refractivity contribution in [3.8, 4) is 11.8 Å². The number of allylic oxidation sites excluding steroid dienone is 5. The number of rotatable bonds is 0. The Morgan fingerprint density at radius 3 is 2.94 bits per heavy atom. The van der Waals surface area contributed by atoms with Crippen LogP contribution in [0.4, 0.5) is 0 Å². The molecule has 0 aliphatic heterocycles. The van der Waals surface area contributed by atoms with Gasteiger partial charge in [-0.1, -0.05) is 18.1 Å². The van der Waals surface area contributed by atoms with Gasteiger partial charge in [0.2, 0.25) is 0 Å². The summed E-state index contributed by atoms with van der Waals surface area (Å²) in [6.07, 6.45) is 7.89. The largest absolute Gasteiger partial charge is 0.233 e. The molecule has 78 valence electrons. The van der Waals surface area contributed by atoms with Crippen LogP contribution in [0, 0.1) is 18.8 Å². The molecule has 2 rings (SSSR count). The van der Waals surface area contributed by atoms with Crippen molar-refractivity contribution in [1.82, 2.24) is 4.98 Å². The Morgan fingerprint density at radius 1 is 1.31 bits per heavy atom. The van der Waals surface area contributed by atoms with Crippen LogP contribution < -0.4 is 0 Å². The van der Waals surface area contributed by atoms with Crippen LogP contribution in [0.1, 0.15) is 17.6 Å². The molecular weight excluding hydrogens is 214 g/mol. The molecule has 1 aromatic heterocycles. The summed E-state index contributed by atoms with van der Waals surface area (Å²) >= 11 is 1.57. The van der Waals surface area contributed by atoms with Crippen molar-refractivity contribution in [3.63, 3.8) is 0 Å². The number of thiazole rings is 1. The van der Waals surface area contributed by atoms with Gasteiger partial charge in [0.1, 0.15) is 0 Å². The summed E-state index contributed by atoms with van der Waals surface area (Å²) < 4.78 is 0. The molecular formula is C14H11NS. The molecule has 2 heteroatoms. The van der Waals surface area contributed by atoms with E-state index in [2.05, 4.69) is 22.6 Å². The SMILES string of the molecule is CC1=C=CC(C#Cc2nc(C)cs2)=CC=C1. The fraction of sp³-hybridized carbons (Fsp3) is 0.143. The highest BCUT2D eigenvalue weighted by atomic mass is 32.1. The lowest BCUT2D eigenvalue weighted by Crippen LogP contribution is -1.74. The van der Waals surface area contributed by atoms with E-state index in [0.717, 1.165) is 21.8 Å². The van der Waals surface area contributed by atoms with E-state index >= 15 is 0 Å². The zero-order valence-corrected chi connectivity index (χ0v) is 10.1. The minimum absolute atomic E-state index is 0.862. The first-order valence-electron chi connectivity index (χ1n) is 5.00. The predicted molar refractivity (Wildman–Crippen MR) is 68.2 cm³/mol. The van der Waals surface area contributed by atoms with E-state index in [1.165, 1.54) is 0 Å². The summed E-state index contributed by atoms with van der Waals surface area (Å²) in [5.41, 5.74) is 6.25. The highest BCUT2D eigenvalue weighted by Crippen LogP contribution is 2.08. The summed E-state index contributed by atoms with van der Waals surface area (Å²) in [6, 6.07) is 0. The van der Waals surface area contributed by atoms with E-state index in [0.29, 0.717) is 0 Å². The molecule has 0 unspecified atom stereocenters. The maximum atomic E-state index is 4.29. The lowest BCUT2D eigenvalue weighted by Gasteiger charge is -1.82. The number of nitrogens with zero attached hydrogens (tertiary/aromatic N) is 1. The zero-order chi connectivity index (χ0) is 11.4. The first kappa shape index (κ1) is 10.7. The number of hydrogen-bond donors (Lipinski definition) is 0. The maximum Gasteiger partial charge on any atom is 0.167 e. The number of aromatic nitrogens is 1. The normalized spacial score (nSPS) is 13.6. The van der Waals surface area contributed by atoms with Gasteiger partial charge in [-0.2, -0.15) is 0 Å². The Bertz CT molecular complexity index is 582. The van der Waals surface area contributed by atoms with Crippen LogP contribution in [-0.2, 0) is 0 Å². The third-order valence-corrected chi connectivity index (χ3v) is 2.89. The first-order valence-corrected chi connectivity index (χ1v) is 5.88. The molecule has 1 aliphatic carbocycles. The first-order chi connectivity index (χ1) is 7.74. The van der Waals surface area contributed by atoms with E-state index in [-0.39, 0.29) is 0 Å². The van der Waals surface area contributed by atoms with Crippen LogP contribution in [0.15, 0.2) is 46.6 Å². The molecule has 0 radical (unpaired) electrons. The molecule has 0 spiro atoms. The molecule has 0 aromatic carbocycles. The van der Waals surface area contributed by atoms with Crippen LogP contribution in [0.3, 0.4) is 0 Å². The topological polar surface area (TPSA) is 12.9 Å². The predicted octanol–water partition coefficient (Wildman–Crippen LogP) is 3.40. The van der Waals surface area contributed by atoms with Crippen molar-refractivity contribution in [2.75, 3.05) is 0 Å². The van der Waals surface area contributed by atoms with Crippen molar-refractivity contribution < 1.29 is 0 Å². The number of aryl methyl sites for hydroxylation is 1. The lowest BCUT2D eigenvalue weighted by atomic mass is 10.2. The van der Waals surface area contributed by atoms with Crippen molar-refractivity contribution in [2.24, 2.45) is 0 Å². The minimum Gasteiger partial charge on any atom is -0.233 e. The monoisotopic (exact) mass is 225 g/mol. The van der Waals surface area contributed by atoms with Crippen LogP contribution >= 0.6 is 11.3 Å². The summed E-state index contributed by atoms with van der Waals surface area (Å²) in [5, 5.41) is 2.87. The average molecular weight is 225 g/mol. The fourth-order valence-corrected chi connectivity index (χ4v) is 1.84. The highest BCUT2D eigenvalue weighted by molar-refractivity contribution is 7.10. The van der Waals surface area contributed by atoms with Gasteiger partial charge >= 0.3 is 0 Å². The van der Waals surface area contributed by atoms with Crippen molar-refractivity contribution >= 4 is 11.3 Å². The average Bonchev–Trinajstić information content (AvgIpc) is 2.56. The highest BCUT2D eigenvalue weighted by Gasteiger charge is 1.93. The third kappa shape index (κ3) is 2.84. The standard InChI is InChI=1S/C14H11NS/c1-11-4-3-5-13(7-6-11)8-9-14-15-12(2)10-16-14/h3-5,7,10H,1-2H3. The second-order valence-electron chi connectivity index (χ2n) is 3.50. The molecule has 0 fully saturated rings. The molecule has 0 N–H and O–H groups in total. The Morgan fingerprint density at radius 2 is 2.19 bits per heavy atom. The van der Waals surface area contributed by atoms with Gasteiger partial charge in [-0.05, 0) is 37.5 Å². The Hall–Kier alpha value is -1.81. The summed E-state index contributed by atoms with van der Waals surface area (Å²) in [7, 11) is 0. The van der Waals surface area contributed by atoms with Gasteiger partial charge in [0.05, 0.1) is 0 Å². The summed E-state index contributed by atoms with van der Waals surface area (Å²) in [4.78, 5) is 4.29. The van der Waals surface area contributed by atoms with Gasteiger partial charge in [-0.25, -0.2) is 4.98 Å². The lowest BCUT2D eigenvalue weighted by molar-refractivity contribution is 1.25. The van der Waals surface area contributed by atoms with E-state index in [1.807, 2.05) is 43.5 Å². The van der Waals surface area contributed by atoms with E-state index < -0.39 is 0 Å². The molecule has 0 saturated heterocycles. The van der Waals surface area contributed by atoms with Gasteiger partial charge in [0.25, 0.3) is 0 Å². The maximum absolute atomic E-state index is 4.29. The second-order valence-corrected chi connectivity index (χ2v) is 4.35. The van der Waals surface area contributed by atoms with Gasteiger partial charge in [0.15, 0.2) is 5.01 Å². The van der Waals surface area contributed by atoms with Gasteiger partial charge < -0.3 is 0 Å². The van der Waals surface area contributed by atoms with Crippen LogP contribution in [0.25, 0.3) is 0 Å². The van der Waals surface area contributed by atoms with Crippen LogP contribution in [0.5, 0.6) is 0 Å².